The maximum atomic E-state index is 13.0. The minimum atomic E-state index is -0.123. The van der Waals surface area contributed by atoms with Gasteiger partial charge < -0.3 is 5.32 Å². The van der Waals surface area contributed by atoms with Crippen molar-refractivity contribution in [3.63, 3.8) is 0 Å². The molecule has 0 radical (unpaired) electrons. The number of pyridine rings is 1. The molecule has 6 heteroatoms. The Balaban J connectivity index is 1.46. The molecule has 0 atom stereocenters. The largest absolute Gasteiger partial charge is 0.322 e. The van der Waals surface area contributed by atoms with Crippen molar-refractivity contribution in [2.24, 2.45) is 0 Å². The number of carbonyl (C=O) groups excluding carboxylic acids is 1. The number of imidazole rings is 1. The number of fused-ring (bicyclic) bond motifs is 1. The molecule has 0 unspecified atom stereocenters. The summed E-state index contributed by atoms with van der Waals surface area (Å²) in [4.78, 5) is 17.2. The van der Waals surface area contributed by atoms with Gasteiger partial charge in [-0.1, -0.05) is 39.0 Å². The summed E-state index contributed by atoms with van der Waals surface area (Å²) in [6.45, 7) is 8.49. The molecule has 34 heavy (non-hydrogen) atoms. The molecule has 5 aromatic rings. The van der Waals surface area contributed by atoms with Gasteiger partial charge in [0.2, 0.25) is 0 Å². The molecule has 1 N–H and O–H groups in total. The third-order valence-electron chi connectivity index (χ3n) is 5.99. The fourth-order valence-corrected chi connectivity index (χ4v) is 4.02. The van der Waals surface area contributed by atoms with Crippen molar-refractivity contribution in [2.75, 3.05) is 5.32 Å². The first-order valence-electron chi connectivity index (χ1n) is 11.3. The van der Waals surface area contributed by atoms with Crippen molar-refractivity contribution < 1.29 is 4.79 Å². The Labute approximate surface area is 198 Å². The van der Waals surface area contributed by atoms with Gasteiger partial charge in [-0.2, -0.15) is 5.10 Å². The topological polar surface area (TPSA) is 64.2 Å². The van der Waals surface area contributed by atoms with Gasteiger partial charge in [0.05, 0.1) is 11.4 Å². The predicted molar refractivity (Wildman–Crippen MR) is 136 cm³/mol. The van der Waals surface area contributed by atoms with Crippen molar-refractivity contribution in [2.45, 2.75) is 33.1 Å². The third-order valence-corrected chi connectivity index (χ3v) is 5.99. The number of rotatable bonds is 4. The summed E-state index contributed by atoms with van der Waals surface area (Å²) < 4.78 is 3.93. The molecule has 1 amide bonds. The van der Waals surface area contributed by atoms with Gasteiger partial charge in [-0.3, -0.25) is 14.3 Å². The van der Waals surface area contributed by atoms with Crippen LogP contribution in [0, 0.1) is 6.92 Å². The molecule has 0 fully saturated rings. The van der Waals surface area contributed by atoms with Crippen LogP contribution in [0.15, 0.2) is 85.5 Å². The van der Waals surface area contributed by atoms with Crippen LogP contribution in [-0.2, 0) is 5.41 Å². The molecule has 0 saturated carbocycles. The highest BCUT2D eigenvalue weighted by Crippen LogP contribution is 2.26. The number of benzene rings is 2. The van der Waals surface area contributed by atoms with Crippen LogP contribution in [0.25, 0.3) is 22.6 Å². The van der Waals surface area contributed by atoms with Crippen molar-refractivity contribution in [3.05, 3.63) is 102 Å². The summed E-state index contributed by atoms with van der Waals surface area (Å²) in [5.41, 5.74) is 7.33. The van der Waals surface area contributed by atoms with E-state index in [1.807, 2.05) is 77.7 Å². The molecule has 0 aliphatic carbocycles. The van der Waals surface area contributed by atoms with Crippen LogP contribution in [0.3, 0.4) is 0 Å². The Morgan fingerprint density at radius 2 is 1.82 bits per heavy atom. The lowest BCUT2D eigenvalue weighted by Gasteiger charge is -2.19. The minimum Gasteiger partial charge on any atom is -0.322 e. The summed E-state index contributed by atoms with van der Waals surface area (Å²) in [7, 11) is 0. The normalized spacial score (nSPS) is 11.6. The van der Waals surface area contributed by atoms with Gasteiger partial charge in [0.1, 0.15) is 5.65 Å². The average Bonchev–Trinajstić information content (AvgIpc) is 3.42. The first kappa shape index (κ1) is 21.6. The maximum absolute atomic E-state index is 13.0. The smallest absolute Gasteiger partial charge is 0.255 e. The monoisotopic (exact) mass is 449 g/mol. The van der Waals surface area contributed by atoms with Crippen molar-refractivity contribution >= 4 is 17.2 Å². The van der Waals surface area contributed by atoms with Gasteiger partial charge >= 0.3 is 0 Å². The van der Waals surface area contributed by atoms with Crippen molar-refractivity contribution in [3.8, 4) is 16.9 Å². The lowest BCUT2D eigenvalue weighted by molar-refractivity contribution is 0.102. The van der Waals surface area contributed by atoms with Crippen LogP contribution in [0.4, 0.5) is 5.69 Å². The van der Waals surface area contributed by atoms with Crippen molar-refractivity contribution in [1.29, 1.82) is 0 Å². The SMILES string of the molecule is Cc1ccc(NC(=O)c2cccc(C(C)(C)C)c2)cc1-n1ccn2nc(-c3cccnc3)cc12. The maximum Gasteiger partial charge on any atom is 0.255 e. The Morgan fingerprint density at radius 3 is 2.59 bits per heavy atom. The minimum absolute atomic E-state index is 0.0208. The highest BCUT2D eigenvalue weighted by atomic mass is 16.1. The number of hydrogen-bond acceptors (Lipinski definition) is 3. The summed E-state index contributed by atoms with van der Waals surface area (Å²) in [5, 5.41) is 7.75. The average molecular weight is 450 g/mol. The lowest BCUT2D eigenvalue weighted by atomic mass is 9.86. The number of amides is 1. The number of anilines is 1. The van der Waals surface area contributed by atoms with E-state index >= 15 is 0 Å². The number of nitrogens with zero attached hydrogens (tertiary/aromatic N) is 4. The van der Waals surface area contributed by atoms with Crippen LogP contribution < -0.4 is 5.32 Å². The summed E-state index contributed by atoms with van der Waals surface area (Å²) in [6.07, 6.45) is 7.47. The Bertz CT molecular complexity index is 1490. The first-order valence-corrected chi connectivity index (χ1v) is 11.3. The summed E-state index contributed by atoms with van der Waals surface area (Å²) in [5.74, 6) is -0.123. The van der Waals surface area contributed by atoms with Gasteiger partial charge in [0.15, 0.2) is 0 Å². The van der Waals surface area contributed by atoms with E-state index in [9.17, 15) is 4.79 Å². The molecule has 6 nitrogen and oxygen atoms in total. The van der Waals surface area contributed by atoms with E-state index in [2.05, 4.69) is 53.7 Å². The number of aromatic nitrogens is 4. The van der Waals surface area contributed by atoms with E-state index in [1.54, 1.807) is 6.20 Å². The Morgan fingerprint density at radius 1 is 0.971 bits per heavy atom. The molecule has 170 valence electrons. The number of aryl methyl sites for hydroxylation is 1. The predicted octanol–water partition coefficient (Wildman–Crippen LogP) is 6.05. The molecule has 0 spiro atoms. The number of carbonyl (C=O) groups is 1. The molecule has 0 aliphatic heterocycles. The highest BCUT2D eigenvalue weighted by Gasteiger charge is 2.16. The molecule has 3 heterocycles. The quantitative estimate of drug-likeness (QED) is 0.363. The standard InChI is InChI=1S/C28H27N5O/c1-19-10-11-23(30-27(34)20-7-5-9-22(15-20)28(2,3)4)16-25(19)32-13-14-33-26(32)17-24(31-33)21-8-6-12-29-18-21/h5-18H,1-4H3,(H,30,34). The fourth-order valence-electron chi connectivity index (χ4n) is 4.02. The van der Waals surface area contributed by atoms with Gasteiger partial charge in [-0.15, -0.1) is 0 Å². The summed E-state index contributed by atoms with van der Waals surface area (Å²) in [6, 6.07) is 19.7. The number of hydrogen-bond donors (Lipinski definition) is 1. The second-order valence-corrected chi connectivity index (χ2v) is 9.53. The molecular formula is C28H27N5O. The van der Waals surface area contributed by atoms with Gasteiger partial charge in [0.25, 0.3) is 5.91 Å². The molecule has 5 rings (SSSR count). The second-order valence-electron chi connectivity index (χ2n) is 9.53. The van der Waals surface area contributed by atoms with E-state index in [4.69, 9.17) is 0 Å². The zero-order chi connectivity index (χ0) is 23.9. The third kappa shape index (κ3) is 4.10. The van der Waals surface area contributed by atoms with E-state index < -0.39 is 0 Å². The lowest BCUT2D eigenvalue weighted by Crippen LogP contribution is -2.16. The molecule has 2 aromatic carbocycles. The van der Waals surface area contributed by atoms with Gasteiger partial charge in [0, 0.05) is 47.7 Å². The van der Waals surface area contributed by atoms with Crippen LogP contribution in [0.1, 0.15) is 42.3 Å². The molecule has 3 aromatic heterocycles. The zero-order valence-electron chi connectivity index (χ0n) is 19.8. The molecule has 0 saturated heterocycles. The van der Waals surface area contributed by atoms with E-state index in [0.29, 0.717) is 5.56 Å². The molecule has 0 aliphatic rings. The fraction of sp³-hybridized carbons (Fsp3) is 0.179. The highest BCUT2D eigenvalue weighted by molar-refractivity contribution is 6.04. The van der Waals surface area contributed by atoms with Gasteiger partial charge in [-0.25, -0.2) is 4.52 Å². The molecular weight excluding hydrogens is 422 g/mol. The van der Waals surface area contributed by atoms with Crippen LogP contribution in [0.5, 0.6) is 0 Å². The second kappa shape index (κ2) is 8.30. The first-order chi connectivity index (χ1) is 16.3. The zero-order valence-corrected chi connectivity index (χ0v) is 19.8. The van der Waals surface area contributed by atoms with Crippen molar-refractivity contribution in [1.82, 2.24) is 19.2 Å². The Kier molecular flexibility index (Phi) is 5.28. The van der Waals surface area contributed by atoms with Crippen LogP contribution in [0.2, 0.25) is 0 Å². The Hall–Kier alpha value is -4.19. The van der Waals surface area contributed by atoms with Crippen LogP contribution in [-0.4, -0.2) is 25.1 Å². The number of nitrogens with one attached hydrogen (secondary N) is 1. The summed E-state index contributed by atoms with van der Waals surface area (Å²) >= 11 is 0. The van der Waals surface area contributed by atoms with Gasteiger partial charge in [-0.05, 0) is 59.9 Å². The van der Waals surface area contributed by atoms with E-state index in [0.717, 1.165) is 39.4 Å². The van der Waals surface area contributed by atoms with E-state index in [1.165, 1.54) is 0 Å². The molecule has 0 bridgehead atoms. The van der Waals surface area contributed by atoms with Crippen LogP contribution >= 0.6 is 0 Å². The van der Waals surface area contributed by atoms with E-state index in [-0.39, 0.29) is 11.3 Å².